The van der Waals surface area contributed by atoms with Gasteiger partial charge in [-0.2, -0.15) is 0 Å². The molecule has 0 saturated heterocycles. The lowest BCUT2D eigenvalue weighted by molar-refractivity contribution is -0.220. The largest absolute Gasteiger partial charge is 0.472 e. The van der Waals surface area contributed by atoms with Crippen LogP contribution in [0.3, 0.4) is 0 Å². The lowest BCUT2D eigenvalue weighted by Crippen LogP contribution is -2.64. The maximum Gasteiger partial charge on any atom is 0.472 e. The fourth-order valence-electron chi connectivity index (χ4n) is 6.35. The van der Waals surface area contributed by atoms with Crippen molar-refractivity contribution in [3.8, 4) is 0 Å². The number of phosphoric ester groups is 1. The van der Waals surface area contributed by atoms with Gasteiger partial charge in [0, 0.05) is 12.8 Å². The van der Waals surface area contributed by atoms with E-state index in [-0.39, 0.29) is 19.3 Å². The van der Waals surface area contributed by atoms with Crippen molar-refractivity contribution in [1.29, 1.82) is 0 Å². The predicted octanol–water partition coefficient (Wildman–Crippen LogP) is 8.58. The first kappa shape index (κ1) is 60.5. The molecule has 0 aromatic carbocycles. The molecule has 0 aliphatic heterocycles. The molecule has 1 fully saturated rings. The topological polar surface area (TPSA) is 230 Å². The number of hydrogen-bond donors (Lipinski definition) is 7. The molecule has 15 heteroatoms. The number of ether oxygens (including phenoxy) is 2. The van der Waals surface area contributed by atoms with Crippen LogP contribution in [-0.4, -0.2) is 110 Å². The standard InChI is InChI=1S/C51H81O14P/c1-3-5-7-9-11-13-15-17-19-21-23-25-27-29-31-33-35-37-45(54)64-43(41-63-66(60,61)65-51-49(58)47(56)46(55)48(57)50(51)59)40-62-44(53)39-38-42(52)36-34-32-30-28-26-24-22-20-18-16-14-12-10-8-6-4-2/h6,8,12,14,17-20,23-26,29-32,34,36,42-43,46-52,55-59H,3-5,7,9-11,13,15-16,21-22,27-28,33,35,37-41H2,1-2H3,(H,60,61)/b8-6-,14-12-,19-17-,20-18-,25-23-,26-24-,31-29-,32-30-,36-34-/t42?,43-,46?,47-,48+,49-,50-,51?/m1/s1. The maximum absolute atomic E-state index is 12.8. The zero-order chi connectivity index (χ0) is 48.7. The van der Waals surface area contributed by atoms with Crippen molar-refractivity contribution in [1.82, 2.24) is 0 Å². The summed E-state index contributed by atoms with van der Waals surface area (Å²) in [5.41, 5.74) is 0. The number of esters is 2. The number of rotatable bonds is 37. The van der Waals surface area contributed by atoms with Crippen LogP contribution in [0.2, 0.25) is 0 Å². The summed E-state index contributed by atoms with van der Waals surface area (Å²) in [4.78, 5) is 35.7. The van der Waals surface area contributed by atoms with Gasteiger partial charge in [-0.05, 0) is 77.0 Å². The molecule has 1 saturated carbocycles. The molecular formula is C51H81O14P. The minimum Gasteiger partial charge on any atom is -0.462 e. The molecule has 9 atom stereocenters. The lowest BCUT2D eigenvalue weighted by Gasteiger charge is -2.41. The second-order valence-electron chi connectivity index (χ2n) is 16.1. The SMILES string of the molecule is CC/C=C\C/C=C\C/C=C\C/C=C\C/C=C\C=C/C(O)CCC(=O)OC[C@H](COP(=O)(O)OC1[C@H](O)[C@H](O)C(O)[C@H](O)[C@H]1O)OC(=O)CCC/C=C\C/C=C\C/C=C\CCCCCCCC. The summed E-state index contributed by atoms with van der Waals surface area (Å²) in [7, 11) is -5.20. The minimum absolute atomic E-state index is 0.0266. The van der Waals surface area contributed by atoms with Gasteiger partial charge in [0.2, 0.25) is 0 Å². The highest BCUT2D eigenvalue weighted by Crippen LogP contribution is 2.47. The Morgan fingerprint density at radius 2 is 1.05 bits per heavy atom. The smallest absolute Gasteiger partial charge is 0.462 e. The predicted molar refractivity (Wildman–Crippen MR) is 259 cm³/mol. The molecule has 0 radical (unpaired) electrons. The van der Waals surface area contributed by atoms with Crippen molar-refractivity contribution in [2.45, 2.75) is 185 Å². The van der Waals surface area contributed by atoms with Crippen molar-refractivity contribution in [3.63, 3.8) is 0 Å². The fraction of sp³-hybridized carbons (Fsp3) is 0.608. The highest BCUT2D eigenvalue weighted by atomic mass is 31.2. The number of unbranched alkanes of at least 4 members (excludes halogenated alkanes) is 7. The Morgan fingerprint density at radius 3 is 1.61 bits per heavy atom. The van der Waals surface area contributed by atoms with E-state index in [0.29, 0.717) is 19.3 Å². The normalized spacial score (nSPS) is 22.7. The third kappa shape index (κ3) is 31.4. The van der Waals surface area contributed by atoms with Crippen LogP contribution < -0.4 is 0 Å². The molecule has 1 rings (SSSR count). The number of phosphoric acid groups is 1. The van der Waals surface area contributed by atoms with Gasteiger partial charge in [-0.1, -0.05) is 155 Å². The summed E-state index contributed by atoms with van der Waals surface area (Å²) in [6.07, 6.45) is 37.5. The molecule has 0 bridgehead atoms. The van der Waals surface area contributed by atoms with Gasteiger partial charge >= 0.3 is 19.8 Å². The molecule has 14 nitrogen and oxygen atoms in total. The van der Waals surface area contributed by atoms with Crippen LogP contribution >= 0.6 is 7.82 Å². The van der Waals surface area contributed by atoms with Crippen LogP contribution in [0, 0.1) is 0 Å². The maximum atomic E-state index is 12.8. The van der Waals surface area contributed by atoms with E-state index in [4.69, 9.17) is 18.5 Å². The van der Waals surface area contributed by atoms with E-state index in [1.165, 1.54) is 44.6 Å². The average Bonchev–Trinajstić information content (AvgIpc) is 3.30. The van der Waals surface area contributed by atoms with Crippen LogP contribution in [0.1, 0.15) is 136 Å². The van der Waals surface area contributed by atoms with Crippen molar-refractivity contribution in [2.24, 2.45) is 0 Å². The van der Waals surface area contributed by atoms with E-state index in [9.17, 15) is 49.7 Å². The van der Waals surface area contributed by atoms with E-state index >= 15 is 0 Å². The van der Waals surface area contributed by atoms with Gasteiger partial charge in [-0.3, -0.25) is 18.6 Å². The Balaban J connectivity index is 2.60. The first-order chi connectivity index (χ1) is 31.8. The summed E-state index contributed by atoms with van der Waals surface area (Å²) < 4.78 is 33.3. The third-order valence-electron chi connectivity index (χ3n) is 10.2. The molecule has 0 amide bonds. The quantitative estimate of drug-likeness (QED) is 0.0102. The zero-order valence-electron chi connectivity index (χ0n) is 39.3. The number of allylic oxidation sites excluding steroid dienone is 17. The molecule has 374 valence electrons. The summed E-state index contributed by atoms with van der Waals surface area (Å²) in [6, 6.07) is 0. The fourth-order valence-corrected chi connectivity index (χ4v) is 7.33. The second-order valence-corrected chi connectivity index (χ2v) is 17.5. The highest BCUT2D eigenvalue weighted by molar-refractivity contribution is 7.47. The van der Waals surface area contributed by atoms with Gasteiger partial charge in [0.25, 0.3) is 0 Å². The van der Waals surface area contributed by atoms with E-state index in [2.05, 4.69) is 80.7 Å². The van der Waals surface area contributed by atoms with Crippen molar-refractivity contribution >= 4 is 19.8 Å². The molecule has 66 heavy (non-hydrogen) atoms. The van der Waals surface area contributed by atoms with Crippen LogP contribution in [0.15, 0.2) is 109 Å². The molecule has 7 N–H and O–H groups in total. The van der Waals surface area contributed by atoms with Crippen molar-refractivity contribution < 1.29 is 68.2 Å². The van der Waals surface area contributed by atoms with Gasteiger partial charge in [0.05, 0.1) is 12.7 Å². The Kier molecular flexibility index (Phi) is 36.2. The van der Waals surface area contributed by atoms with Crippen LogP contribution in [-0.2, 0) is 32.7 Å². The molecule has 0 aromatic heterocycles. The van der Waals surface area contributed by atoms with Crippen LogP contribution in [0.4, 0.5) is 0 Å². The molecule has 4 unspecified atom stereocenters. The zero-order valence-corrected chi connectivity index (χ0v) is 40.2. The van der Waals surface area contributed by atoms with Gasteiger partial charge in [0.1, 0.15) is 43.2 Å². The van der Waals surface area contributed by atoms with Gasteiger partial charge < -0.3 is 45.0 Å². The molecule has 0 spiro atoms. The monoisotopic (exact) mass is 949 g/mol. The Bertz CT molecular complexity index is 1580. The van der Waals surface area contributed by atoms with Crippen molar-refractivity contribution in [3.05, 3.63) is 109 Å². The highest BCUT2D eigenvalue weighted by Gasteiger charge is 2.51. The summed E-state index contributed by atoms with van der Waals surface area (Å²) in [6.45, 7) is 2.91. The summed E-state index contributed by atoms with van der Waals surface area (Å²) in [5, 5.41) is 60.5. The molecule has 1 aliphatic carbocycles. The minimum atomic E-state index is -5.20. The number of carbonyl (C=O) groups is 2. The van der Waals surface area contributed by atoms with Crippen molar-refractivity contribution in [2.75, 3.05) is 13.2 Å². The van der Waals surface area contributed by atoms with Gasteiger partial charge in [-0.15, -0.1) is 0 Å². The molecule has 0 aromatic rings. The first-order valence-corrected chi connectivity index (χ1v) is 25.3. The van der Waals surface area contributed by atoms with Crippen LogP contribution in [0.25, 0.3) is 0 Å². The Morgan fingerprint density at radius 1 is 0.561 bits per heavy atom. The van der Waals surface area contributed by atoms with E-state index in [1.54, 1.807) is 12.2 Å². The molecule has 1 aliphatic rings. The van der Waals surface area contributed by atoms with E-state index in [1.807, 2.05) is 24.3 Å². The van der Waals surface area contributed by atoms with E-state index in [0.717, 1.165) is 44.9 Å². The number of aliphatic hydroxyl groups excluding tert-OH is 6. The van der Waals surface area contributed by atoms with E-state index < -0.39 is 81.8 Å². The molecule has 0 heterocycles. The average molecular weight is 949 g/mol. The lowest BCUT2D eigenvalue weighted by atomic mass is 9.85. The Hall–Kier alpha value is -3.53. The number of carbonyl (C=O) groups excluding carboxylic acids is 2. The Labute approximate surface area is 394 Å². The first-order valence-electron chi connectivity index (χ1n) is 23.8. The summed E-state index contributed by atoms with van der Waals surface area (Å²) >= 11 is 0. The second kappa shape index (κ2) is 39.5. The van der Waals surface area contributed by atoms with Gasteiger partial charge in [0.15, 0.2) is 6.10 Å². The van der Waals surface area contributed by atoms with Gasteiger partial charge in [-0.25, -0.2) is 4.57 Å². The number of aliphatic hydroxyl groups is 6. The summed E-state index contributed by atoms with van der Waals surface area (Å²) in [5.74, 6) is -1.46. The third-order valence-corrected chi connectivity index (χ3v) is 11.2. The van der Waals surface area contributed by atoms with Crippen LogP contribution in [0.5, 0.6) is 0 Å². The number of hydrogen-bond acceptors (Lipinski definition) is 13. The molecular weight excluding hydrogens is 868 g/mol.